The van der Waals surface area contributed by atoms with E-state index in [1.54, 1.807) is 0 Å². The van der Waals surface area contributed by atoms with Crippen molar-refractivity contribution in [1.82, 2.24) is 4.72 Å². The fourth-order valence-corrected chi connectivity index (χ4v) is 5.05. The lowest BCUT2D eigenvalue weighted by molar-refractivity contribution is 0.476. The predicted molar refractivity (Wildman–Crippen MR) is 92.6 cm³/mol. The van der Waals surface area contributed by atoms with E-state index in [1.165, 1.54) is 18.2 Å². The normalized spacial score (nSPS) is 16.8. The molecule has 1 aliphatic rings. The van der Waals surface area contributed by atoms with Crippen LogP contribution in [0.2, 0.25) is 5.02 Å². The van der Waals surface area contributed by atoms with E-state index in [0.717, 1.165) is 24.3 Å². The summed E-state index contributed by atoms with van der Waals surface area (Å²) in [6, 6.07) is 4.39. The molecule has 4 nitrogen and oxygen atoms in total. The molecular weight excluding hydrogens is 348 g/mol. The smallest absolute Gasteiger partial charge is 0.240 e. The van der Waals surface area contributed by atoms with Gasteiger partial charge in [0.25, 0.3) is 0 Å². The van der Waals surface area contributed by atoms with Crippen LogP contribution in [0.4, 0.5) is 0 Å². The molecule has 3 N–H and O–H groups in total. The van der Waals surface area contributed by atoms with Gasteiger partial charge >= 0.3 is 0 Å². The molecule has 0 saturated carbocycles. The monoisotopic (exact) mass is 364 g/mol. The van der Waals surface area contributed by atoms with E-state index in [-0.39, 0.29) is 14.9 Å². The third kappa shape index (κ3) is 4.56. The molecule has 0 radical (unpaired) electrons. The largest absolute Gasteiger partial charge is 0.389 e. The Labute approximate surface area is 139 Å². The number of benzene rings is 1. The van der Waals surface area contributed by atoms with Gasteiger partial charge in [-0.3, -0.25) is 0 Å². The molecule has 1 fully saturated rings. The molecule has 0 unspecified atom stereocenters. The van der Waals surface area contributed by atoms with Crippen LogP contribution < -0.4 is 10.5 Å². The number of hydrogen-bond donors (Lipinski definition) is 2. The number of rotatable bonds is 5. The van der Waals surface area contributed by atoms with Crippen LogP contribution in [0.3, 0.4) is 0 Å². The highest BCUT2D eigenvalue weighted by Crippen LogP contribution is 2.24. The highest BCUT2D eigenvalue weighted by molar-refractivity contribution is 7.99. The van der Waals surface area contributed by atoms with Gasteiger partial charge in [-0.15, -0.1) is 0 Å². The van der Waals surface area contributed by atoms with Crippen LogP contribution in [-0.4, -0.2) is 31.5 Å². The van der Waals surface area contributed by atoms with Gasteiger partial charge in [-0.05, 0) is 48.5 Å². The first kappa shape index (κ1) is 17.0. The maximum Gasteiger partial charge on any atom is 0.240 e. The minimum Gasteiger partial charge on any atom is -0.389 e. The number of hydrogen-bond acceptors (Lipinski definition) is 4. The SMILES string of the molecule is NC(=S)c1ccc(S(=O)(=O)NCC2CCSCC2)cc1Cl. The van der Waals surface area contributed by atoms with Gasteiger partial charge in [-0.1, -0.05) is 23.8 Å². The van der Waals surface area contributed by atoms with Gasteiger partial charge in [-0.25, -0.2) is 13.1 Å². The van der Waals surface area contributed by atoms with Crippen molar-refractivity contribution >= 4 is 50.6 Å². The summed E-state index contributed by atoms with van der Waals surface area (Å²) >= 11 is 12.8. The molecule has 116 valence electrons. The Morgan fingerprint density at radius 2 is 2.10 bits per heavy atom. The van der Waals surface area contributed by atoms with Crippen molar-refractivity contribution in [3.05, 3.63) is 28.8 Å². The first-order valence-electron chi connectivity index (χ1n) is 6.57. The van der Waals surface area contributed by atoms with Gasteiger partial charge < -0.3 is 5.73 Å². The van der Waals surface area contributed by atoms with Crippen molar-refractivity contribution in [3.8, 4) is 0 Å². The van der Waals surface area contributed by atoms with Crippen LogP contribution in [0.1, 0.15) is 18.4 Å². The zero-order chi connectivity index (χ0) is 15.5. The van der Waals surface area contributed by atoms with Crippen LogP contribution in [0.5, 0.6) is 0 Å². The third-order valence-corrected chi connectivity index (χ3v) is 6.42. The van der Waals surface area contributed by atoms with Crippen molar-refractivity contribution in [1.29, 1.82) is 0 Å². The lowest BCUT2D eigenvalue weighted by atomic mass is 10.0. The van der Waals surface area contributed by atoms with E-state index in [0.29, 0.717) is 18.0 Å². The van der Waals surface area contributed by atoms with E-state index in [1.807, 2.05) is 11.8 Å². The fraction of sp³-hybridized carbons (Fsp3) is 0.462. The molecule has 1 aromatic rings. The predicted octanol–water partition coefficient (Wildman–Crippen LogP) is 2.40. The Kier molecular flexibility index (Phi) is 5.90. The molecule has 0 spiro atoms. The van der Waals surface area contributed by atoms with E-state index in [4.69, 9.17) is 29.6 Å². The standard InChI is InChI=1S/C13H17ClN2O2S3/c14-12-7-10(1-2-11(12)13(15)19)21(17,18)16-8-9-3-5-20-6-4-9/h1-2,7,9,16H,3-6,8H2,(H2,15,19). The maximum absolute atomic E-state index is 12.3. The molecule has 2 rings (SSSR count). The second-order valence-electron chi connectivity index (χ2n) is 4.91. The molecular formula is C13H17ClN2O2S3. The first-order valence-corrected chi connectivity index (χ1v) is 9.99. The van der Waals surface area contributed by atoms with E-state index in [9.17, 15) is 8.42 Å². The molecule has 1 aliphatic heterocycles. The third-order valence-electron chi connectivity index (χ3n) is 3.42. The van der Waals surface area contributed by atoms with E-state index >= 15 is 0 Å². The maximum atomic E-state index is 12.3. The highest BCUT2D eigenvalue weighted by Gasteiger charge is 2.20. The van der Waals surface area contributed by atoms with Crippen molar-refractivity contribution in [2.24, 2.45) is 11.7 Å². The fourth-order valence-electron chi connectivity index (χ4n) is 2.12. The van der Waals surface area contributed by atoms with Crippen molar-refractivity contribution in [3.63, 3.8) is 0 Å². The Balaban J connectivity index is 2.08. The minimum absolute atomic E-state index is 0.137. The summed E-state index contributed by atoms with van der Waals surface area (Å²) in [5.41, 5.74) is 5.99. The Morgan fingerprint density at radius 3 is 2.67 bits per heavy atom. The van der Waals surface area contributed by atoms with Crippen LogP contribution in [0, 0.1) is 5.92 Å². The number of thiocarbonyl (C=S) groups is 1. The van der Waals surface area contributed by atoms with Crippen molar-refractivity contribution < 1.29 is 8.42 Å². The average molecular weight is 365 g/mol. The first-order chi connectivity index (χ1) is 9.90. The Bertz CT molecular complexity index is 628. The number of nitrogens with one attached hydrogen (secondary N) is 1. The lowest BCUT2D eigenvalue weighted by Crippen LogP contribution is -2.31. The van der Waals surface area contributed by atoms with Crippen molar-refractivity contribution in [2.75, 3.05) is 18.1 Å². The van der Waals surface area contributed by atoms with Gasteiger partial charge in [0.1, 0.15) is 4.99 Å². The molecule has 0 aliphatic carbocycles. The van der Waals surface area contributed by atoms with E-state index < -0.39 is 10.0 Å². The zero-order valence-corrected chi connectivity index (χ0v) is 14.5. The Morgan fingerprint density at radius 1 is 1.43 bits per heavy atom. The zero-order valence-electron chi connectivity index (χ0n) is 11.3. The molecule has 8 heteroatoms. The summed E-state index contributed by atoms with van der Waals surface area (Å²) < 4.78 is 27.2. The van der Waals surface area contributed by atoms with Gasteiger partial charge in [0.2, 0.25) is 10.0 Å². The topological polar surface area (TPSA) is 72.2 Å². The van der Waals surface area contributed by atoms with Crippen LogP contribution >= 0.6 is 35.6 Å². The summed E-state index contributed by atoms with van der Waals surface area (Å²) in [5.74, 6) is 2.61. The van der Waals surface area contributed by atoms with E-state index in [2.05, 4.69) is 4.72 Å². The molecule has 0 bridgehead atoms. The van der Waals surface area contributed by atoms with Gasteiger partial charge in [-0.2, -0.15) is 11.8 Å². The molecule has 1 saturated heterocycles. The molecule has 1 aromatic carbocycles. The van der Waals surface area contributed by atoms with Crippen LogP contribution in [-0.2, 0) is 10.0 Å². The van der Waals surface area contributed by atoms with Gasteiger partial charge in [0.05, 0.1) is 9.92 Å². The second kappa shape index (κ2) is 7.28. The molecule has 21 heavy (non-hydrogen) atoms. The van der Waals surface area contributed by atoms with Crippen LogP contribution in [0.15, 0.2) is 23.1 Å². The number of halogens is 1. The summed E-state index contributed by atoms with van der Waals surface area (Å²) in [6.07, 6.45) is 2.10. The summed E-state index contributed by atoms with van der Waals surface area (Å²) in [6.45, 7) is 0.470. The average Bonchev–Trinajstić information content (AvgIpc) is 2.46. The Hall–Kier alpha value is -0.340. The quantitative estimate of drug-likeness (QED) is 0.785. The molecule has 0 amide bonds. The summed E-state index contributed by atoms with van der Waals surface area (Å²) in [7, 11) is -3.55. The number of sulfonamides is 1. The number of thioether (sulfide) groups is 1. The van der Waals surface area contributed by atoms with Crippen LogP contribution in [0.25, 0.3) is 0 Å². The number of nitrogens with two attached hydrogens (primary N) is 1. The van der Waals surface area contributed by atoms with Gasteiger partial charge in [0, 0.05) is 12.1 Å². The lowest BCUT2D eigenvalue weighted by Gasteiger charge is -2.21. The summed E-state index contributed by atoms with van der Waals surface area (Å²) in [5, 5.41) is 0.249. The molecule has 0 atom stereocenters. The summed E-state index contributed by atoms with van der Waals surface area (Å²) in [4.78, 5) is 0.286. The van der Waals surface area contributed by atoms with Crippen molar-refractivity contribution in [2.45, 2.75) is 17.7 Å². The minimum atomic E-state index is -3.55. The highest BCUT2D eigenvalue weighted by atomic mass is 35.5. The second-order valence-corrected chi connectivity index (χ2v) is 8.75. The molecule has 0 aromatic heterocycles. The molecule has 1 heterocycles. The van der Waals surface area contributed by atoms with Gasteiger partial charge in [0.15, 0.2) is 0 Å².